The number of carbonyl (C=O) groups excluding carboxylic acids is 1. The van der Waals surface area contributed by atoms with Crippen LogP contribution in [0.4, 0.5) is 0 Å². The Hall–Kier alpha value is -3.01. The van der Waals surface area contributed by atoms with E-state index in [1.54, 1.807) is 19.3 Å². The van der Waals surface area contributed by atoms with Crippen molar-refractivity contribution in [2.45, 2.75) is 6.92 Å². The second kappa shape index (κ2) is 7.04. The standard InChI is InChI=1S/C20H18O4/c1-3-23-18-6-4-5-15-13-19(24-20(15)18)17(21)12-9-14-7-10-16(22-2)11-8-14/h4-13H,3H2,1-2H3/b12-9+. The maximum Gasteiger partial charge on any atom is 0.221 e. The molecule has 3 aromatic rings. The van der Waals surface area contributed by atoms with Crippen LogP contribution < -0.4 is 9.47 Å². The molecule has 0 saturated carbocycles. The Kier molecular flexibility index (Phi) is 4.66. The van der Waals surface area contributed by atoms with Gasteiger partial charge in [-0.3, -0.25) is 4.79 Å². The lowest BCUT2D eigenvalue weighted by Crippen LogP contribution is -1.91. The van der Waals surface area contributed by atoms with Crippen LogP contribution >= 0.6 is 0 Å². The molecule has 24 heavy (non-hydrogen) atoms. The predicted molar refractivity (Wildman–Crippen MR) is 93.7 cm³/mol. The van der Waals surface area contributed by atoms with E-state index in [9.17, 15) is 4.79 Å². The van der Waals surface area contributed by atoms with Crippen LogP contribution in [0.25, 0.3) is 17.0 Å². The largest absolute Gasteiger partial charge is 0.497 e. The van der Waals surface area contributed by atoms with Gasteiger partial charge >= 0.3 is 0 Å². The molecular formula is C20H18O4. The molecule has 0 bridgehead atoms. The molecule has 0 aliphatic heterocycles. The zero-order chi connectivity index (χ0) is 16.9. The second-order valence-electron chi connectivity index (χ2n) is 5.19. The fraction of sp³-hybridized carbons (Fsp3) is 0.150. The number of para-hydroxylation sites is 1. The highest BCUT2D eigenvalue weighted by atomic mass is 16.5. The van der Waals surface area contributed by atoms with E-state index >= 15 is 0 Å². The highest BCUT2D eigenvalue weighted by molar-refractivity contribution is 6.07. The summed E-state index contributed by atoms with van der Waals surface area (Å²) in [6, 6.07) is 14.8. The Morgan fingerprint density at radius 1 is 1.17 bits per heavy atom. The van der Waals surface area contributed by atoms with E-state index in [4.69, 9.17) is 13.9 Å². The molecule has 4 heteroatoms. The first kappa shape index (κ1) is 15.9. The Morgan fingerprint density at radius 2 is 1.96 bits per heavy atom. The molecule has 0 amide bonds. The average molecular weight is 322 g/mol. The molecule has 0 N–H and O–H groups in total. The molecular weight excluding hydrogens is 304 g/mol. The molecule has 4 nitrogen and oxygen atoms in total. The fourth-order valence-corrected chi connectivity index (χ4v) is 2.40. The van der Waals surface area contributed by atoms with Crippen LogP contribution in [-0.2, 0) is 0 Å². The van der Waals surface area contributed by atoms with Crippen LogP contribution in [0.1, 0.15) is 23.0 Å². The third kappa shape index (κ3) is 3.33. The minimum Gasteiger partial charge on any atom is -0.497 e. The summed E-state index contributed by atoms with van der Waals surface area (Å²) in [5, 5.41) is 0.849. The first-order valence-electron chi connectivity index (χ1n) is 7.73. The lowest BCUT2D eigenvalue weighted by atomic mass is 10.1. The molecule has 0 aliphatic rings. The number of hydrogen-bond acceptors (Lipinski definition) is 4. The molecule has 0 aliphatic carbocycles. The predicted octanol–water partition coefficient (Wildman–Crippen LogP) is 4.74. The van der Waals surface area contributed by atoms with Gasteiger partial charge in [0.15, 0.2) is 17.1 Å². The minimum atomic E-state index is -0.190. The second-order valence-corrected chi connectivity index (χ2v) is 5.19. The number of carbonyl (C=O) groups is 1. The first-order valence-corrected chi connectivity index (χ1v) is 7.73. The van der Waals surface area contributed by atoms with Gasteiger partial charge in [-0.2, -0.15) is 0 Å². The average Bonchev–Trinajstić information content (AvgIpc) is 3.06. The first-order chi connectivity index (χ1) is 11.7. The number of hydrogen-bond donors (Lipinski definition) is 0. The number of benzene rings is 2. The summed E-state index contributed by atoms with van der Waals surface area (Å²) in [5.41, 5.74) is 1.51. The summed E-state index contributed by atoms with van der Waals surface area (Å²) in [5.74, 6) is 1.53. The topological polar surface area (TPSA) is 48.7 Å². The summed E-state index contributed by atoms with van der Waals surface area (Å²) in [6.07, 6.45) is 3.25. The zero-order valence-electron chi connectivity index (χ0n) is 13.6. The van der Waals surface area contributed by atoms with Crippen molar-refractivity contribution in [3.63, 3.8) is 0 Å². The Labute approximate surface area is 140 Å². The quantitative estimate of drug-likeness (QED) is 0.486. The normalized spacial score (nSPS) is 11.1. The zero-order valence-corrected chi connectivity index (χ0v) is 13.6. The minimum absolute atomic E-state index is 0.190. The number of furan rings is 1. The van der Waals surface area contributed by atoms with Crippen molar-refractivity contribution in [1.29, 1.82) is 0 Å². The van der Waals surface area contributed by atoms with Gasteiger partial charge in [0.25, 0.3) is 0 Å². The molecule has 122 valence electrons. The van der Waals surface area contributed by atoms with E-state index < -0.39 is 0 Å². The number of ether oxygens (including phenoxy) is 2. The molecule has 1 heterocycles. The van der Waals surface area contributed by atoms with Crippen LogP contribution in [0, 0.1) is 0 Å². The molecule has 3 rings (SSSR count). The van der Waals surface area contributed by atoms with Crippen molar-refractivity contribution in [3.05, 3.63) is 65.9 Å². The summed E-state index contributed by atoms with van der Waals surface area (Å²) in [7, 11) is 1.62. The smallest absolute Gasteiger partial charge is 0.221 e. The monoisotopic (exact) mass is 322 g/mol. The molecule has 1 aromatic heterocycles. The number of methoxy groups -OCH3 is 1. The number of rotatable bonds is 6. The van der Waals surface area contributed by atoms with Gasteiger partial charge in [-0.25, -0.2) is 0 Å². The third-order valence-electron chi connectivity index (χ3n) is 3.59. The van der Waals surface area contributed by atoms with E-state index in [1.165, 1.54) is 6.08 Å². The SMILES string of the molecule is CCOc1cccc2cc(C(=O)/C=C/c3ccc(OC)cc3)oc12. The summed E-state index contributed by atoms with van der Waals surface area (Å²) in [4.78, 5) is 12.3. The maximum atomic E-state index is 12.3. The molecule has 0 saturated heterocycles. The van der Waals surface area contributed by atoms with Crippen LogP contribution in [0.3, 0.4) is 0 Å². The highest BCUT2D eigenvalue weighted by Crippen LogP contribution is 2.29. The van der Waals surface area contributed by atoms with Crippen molar-refractivity contribution in [3.8, 4) is 11.5 Å². The van der Waals surface area contributed by atoms with Gasteiger partial charge in [0.2, 0.25) is 5.78 Å². The van der Waals surface area contributed by atoms with Crippen molar-refractivity contribution >= 4 is 22.8 Å². The van der Waals surface area contributed by atoms with Crippen molar-refractivity contribution < 1.29 is 18.7 Å². The molecule has 0 atom stereocenters. The maximum absolute atomic E-state index is 12.3. The summed E-state index contributed by atoms with van der Waals surface area (Å²) >= 11 is 0. The molecule has 0 radical (unpaired) electrons. The van der Waals surface area contributed by atoms with Crippen LogP contribution in [-0.4, -0.2) is 19.5 Å². The van der Waals surface area contributed by atoms with Gasteiger partial charge in [-0.05, 0) is 42.8 Å². The third-order valence-corrected chi connectivity index (χ3v) is 3.59. The van der Waals surface area contributed by atoms with Crippen LogP contribution in [0.15, 0.2) is 59.0 Å². The van der Waals surface area contributed by atoms with E-state index in [0.717, 1.165) is 16.7 Å². The Morgan fingerprint density at radius 3 is 2.67 bits per heavy atom. The van der Waals surface area contributed by atoms with Gasteiger partial charge in [-0.15, -0.1) is 0 Å². The molecule has 0 spiro atoms. The van der Waals surface area contributed by atoms with Gasteiger partial charge in [0.1, 0.15) is 5.75 Å². The van der Waals surface area contributed by atoms with Crippen molar-refractivity contribution in [2.24, 2.45) is 0 Å². The van der Waals surface area contributed by atoms with E-state index in [-0.39, 0.29) is 5.78 Å². The Bertz CT molecular complexity index is 872. The van der Waals surface area contributed by atoms with Gasteiger partial charge in [0.05, 0.1) is 13.7 Å². The van der Waals surface area contributed by atoms with Crippen molar-refractivity contribution in [1.82, 2.24) is 0 Å². The van der Waals surface area contributed by atoms with Gasteiger partial charge < -0.3 is 13.9 Å². The Balaban J connectivity index is 1.82. The number of fused-ring (bicyclic) bond motifs is 1. The lowest BCUT2D eigenvalue weighted by Gasteiger charge is -2.02. The van der Waals surface area contributed by atoms with Crippen molar-refractivity contribution in [2.75, 3.05) is 13.7 Å². The van der Waals surface area contributed by atoms with E-state index in [1.807, 2.05) is 49.4 Å². The van der Waals surface area contributed by atoms with Crippen LogP contribution in [0.5, 0.6) is 11.5 Å². The summed E-state index contributed by atoms with van der Waals surface area (Å²) < 4.78 is 16.3. The summed E-state index contributed by atoms with van der Waals surface area (Å²) in [6.45, 7) is 2.45. The number of allylic oxidation sites excluding steroid dienone is 1. The lowest BCUT2D eigenvalue weighted by molar-refractivity contribution is 0.102. The van der Waals surface area contributed by atoms with Gasteiger partial charge in [-0.1, -0.05) is 30.3 Å². The highest BCUT2D eigenvalue weighted by Gasteiger charge is 2.12. The molecule has 2 aromatic carbocycles. The van der Waals surface area contributed by atoms with E-state index in [0.29, 0.717) is 23.7 Å². The number of ketones is 1. The molecule has 0 fully saturated rings. The van der Waals surface area contributed by atoms with Gasteiger partial charge in [0, 0.05) is 5.39 Å². The van der Waals surface area contributed by atoms with E-state index in [2.05, 4.69) is 0 Å². The van der Waals surface area contributed by atoms with Crippen LogP contribution in [0.2, 0.25) is 0 Å². The molecule has 0 unspecified atom stereocenters. The fourth-order valence-electron chi connectivity index (χ4n) is 2.40.